The Morgan fingerprint density at radius 2 is 1.50 bits per heavy atom. The predicted octanol–water partition coefficient (Wildman–Crippen LogP) is 1.42. The van der Waals surface area contributed by atoms with Crippen LogP contribution in [0.3, 0.4) is 0 Å². The van der Waals surface area contributed by atoms with Crippen LogP contribution in [0.1, 0.15) is 36.2 Å². The van der Waals surface area contributed by atoms with Gasteiger partial charge in [0, 0.05) is 38.2 Å². The number of carbonyl (C=O) groups excluding carboxylic acids is 4. The molecule has 0 atom stereocenters. The number of sulfonamides is 1. The molecule has 2 amide bonds. The Kier molecular flexibility index (Phi) is 9.90. The van der Waals surface area contributed by atoms with Gasteiger partial charge in [0.15, 0.2) is 12.4 Å². The molecule has 2 aromatic carbocycles. The molecule has 2 aromatic rings. The molecule has 0 aliphatic heterocycles. The Morgan fingerprint density at radius 3 is 2.09 bits per heavy atom. The zero-order valence-electron chi connectivity index (χ0n) is 18.9. The minimum Gasteiger partial charge on any atom is -0.457 e. The van der Waals surface area contributed by atoms with Gasteiger partial charge in [-0.15, -0.1) is 0 Å². The van der Waals surface area contributed by atoms with Crippen LogP contribution in [0.4, 0.5) is 5.69 Å². The van der Waals surface area contributed by atoms with Gasteiger partial charge in [-0.1, -0.05) is 24.3 Å². The van der Waals surface area contributed by atoms with Gasteiger partial charge < -0.3 is 15.4 Å². The maximum absolute atomic E-state index is 12.3. The number of carbonyl (C=O) groups is 4. The van der Waals surface area contributed by atoms with Crippen molar-refractivity contribution in [3.63, 3.8) is 0 Å². The second-order valence-electron chi connectivity index (χ2n) is 7.37. The van der Waals surface area contributed by atoms with E-state index in [4.69, 9.17) is 4.74 Å². The van der Waals surface area contributed by atoms with Crippen LogP contribution in [0.25, 0.3) is 0 Å². The lowest BCUT2D eigenvalue weighted by atomic mass is 10.1. The summed E-state index contributed by atoms with van der Waals surface area (Å²) in [6.07, 6.45) is 0.372. The van der Waals surface area contributed by atoms with Crippen molar-refractivity contribution in [3.8, 4) is 0 Å². The van der Waals surface area contributed by atoms with E-state index < -0.39 is 22.6 Å². The lowest BCUT2D eigenvalue weighted by Gasteiger charge is -2.08. The first-order valence-corrected chi connectivity index (χ1v) is 11.9. The summed E-state index contributed by atoms with van der Waals surface area (Å²) in [4.78, 5) is 46.0. The van der Waals surface area contributed by atoms with Crippen LogP contribution in [0, 0.1) is 0 Å². The lowest BCUT2D eigenvalue weighted by Crippen LogP contribution is -2.27. The zero-order valence-corrected chi connectivity index (χ0v) is 19.7. The number of esters is 1. The molecule has 0 aliphatic carbocycles. The summed E-state index contributed by atoms with van der Waals surface area (Å²) in [5.41, 5.74) is 1.78. The highest BCUT2D eigenvalue weighted by molar-refractivity contribution is 7.89. The van der Waals surface area contributed by atoms with E-state index in [-0.39, 0.29) is 35.5 Å². The Bertz CT molecular complexity index is 1130. The standard InChI is InChI=1S/C23H27N3O7S/c1-16(27)24-13-11-18-3-5-19(6-4-18)22(29)15-33-23(30)12-14-25-34(31,32)21-9-7-20(8-10-21)26-17(2)28/h3-10,25H,11-15H2,1-2H3,(H,24,27)(H,26,28). The molecule has 182 valence electrons. The van der Waals surface area contributed by atoms with Crippen molar-refractivity contribution in [1.29, 1.82) is 0 Å². The molecule has 10 nitrogen and oxygen atoms in total. The third kappa shape index (κ3) is 9.12. The van der Waals surface area contributed by atoms with Gasteiger partial charge in [-0.2, -0.15) is 0 Å². The number of benzene rings is 2. The molecular weight excluding hydrogens is 462 g/mol. The van der Waals surface area contributed by atoms with E-state index in [2.05, 4.69) is 15.4 Å². The van der Waals surface area contributed by atoms with Crippen LogP contribution in [-0.2, 0) is 35.6 Å². The highest BCUT2D eigenvalue weighted by Gasteiger charge is 2.15. The normalized spacial score (nSPS) is 10.9. The fourth-order valence-corrected chi connectivity index (χ4v) is 3.87. The van der Waals surface area contributed by atoms with E-state index in [1.165, 1.54) is 38.1 Å². The molecule has 2 rings (SSSR count). The highest BCUT2D eigenvalue weighted by atomic mass is 32.2. The second kappa shape index (κ2) is 12.6. The van der Waals surface area contributed by atoms with E-state index in [0.717, 1.165) is 5.56 Å². The number of anilines is 1. The topological polar surface area (TPSA) is 148 Å². The molecule has 0 aromatic heterocycles. The van der Waals surface area contributed by atoms with Crippen LogP contribution in [0.5, 0.6) is 0 Å². The average Bonchev–Trinajstić information content (AvgIpc) is 2.77. The van der Waals surface area contributed by atoms with Crippen LogP contribution in [0.2, 0.25) is 0 Å². The van der Waals surface area contributed by atoms with E-state index in [1.807, 2.05) is 0 Å². The summed E-state index contributed by atoms with van der Waals surface area (Å²) in [6.45, 7) is 2.61. The zero-order chi connectivity index (χ0) is 25.1. The predicted molar refractivity (Wildman–Crippen MR) is 125 cm³/mol. The number of rotatable bonds is 12. The van der Waals surface area contributed by atoms with Crippen molar-refractivity contribution in [2.75, 3.05) is 25.0 Å². The fourth-order valence-electron chi connectivity index (χ4n) is 2.83. The Morgan fingerprint density at radius 1 is 0.853 bits per heavy atom. The molecule has 0 saturated carbocycles. The SMILES string of the molecule is CC(=O)NCCc1ccc(C(=O)COC(=O)CCNS(=O)(=O)c2ccc(NC(C)=O)cc2)cc1. The van der Waals surface area contributed by atoms with Gasteiger partial charge in [0.05, 0.1) is 11.3 Å². The number of ether oxygens (including phenoxy) is 1. The molecule has 0 aliphatic rings. The Balaban J connectivity index is 1.74. The van der Waals surface area contributed by atoms with Gasteiger partial charge in [-0.3, -0.25) is 19.2 Å². The molecule has 0 bridgehead atoms. The Labute approximate surface area is 198 Å². The monoisotopic (exact) mass is 489 g/mol. The molecule has 34 heavy (non-hydrogen) atoms. The molecule has 0 radical (unpaired) electrons. The third-order valence-corrected chi connectivity index (χ3v) is 6.01. The van der Waals surface area contributed by atoms with Crippen LogP contribution in [-0.4, -0.2) is 51.7 Å². The average molecular weight is 490 g/mol. The number of hydrogen-bond acceptors (Lipinski definition) is 7. The number of ketones is 1. The first-order chi connectivity index (χ1) is 16.1. The van der Waals surface area contributed by atoms with Crippen molar-refractivity contribution >= 4 is 39.3 Å². The maximum Gasteiger partial charge on any atom is 0.307 e. The fraction of sp³-hybridized carbons (Fsp3) is 0.304. The van der Waals surface area contributed by atoms with E-state index in [9.17, 15) is 27.6 Å². The molecular formula is C23H27N3O7S. The smallest absolute Gasteiger partial charge is 0.307 e. The number of Topliss-reactive ketones (excluding diaryl/α,β-unsaturated/α-hetero) is 1. The van der Waals surface area contributed by atoms with E-state index in [1.54, 1.807) is 24.3 Å². The highest BCUT2D eigenvalue weighted by Crippen LogP contribution is 2.14. The number of amides is 2. The molecule has 11 heteroatoms. The first-order valence-electron chi connectivity index (χ1n) is 10.5. The minimum atomic E-state index is -3.85. The number of nitrogens with one attached hydrogen (secondary N) is 3. The van der Waals surface area contributed by atoms with Gasteiger partial charge in [-0.25, -0.2) is 13.1 Å². The minimum absolute atomic E-state index is 0.0225. The summed E-state index contributed by atoms with van der Waals surface area (Å²) in [5, 5.41) is 5.22. The molecule has 0 fully saturated rings. The molecule has 0 saturated heterocycles. The van der Waals surface area contributed by atoms with Crippen molar-refractivity contribution in [2.45, 2.75) is 31.6 Å². The number of hydrogen-bond donors (Lipinski definition) is 3. The summed E-state index contributed by atoms with van der Waals surface area (Å²) in [5.74, 6) is -1.49. The van der Waals surface area contributed by atoms with Crippen molar-refractivity contribution in [1.82, 2.24) is 10.0 Å². The largest absolute Gasteiger partial charge is 0.457 e. The van der Waals surface area contributed by atoms with Crippen molar-refractivity contribution in [3.05, 3.63) is 59.7 Å². The summed E-state index contributed by atoms with van der Waals surface area (Å²) in [6, 6.07) is 12.3. The maximum atomic E-state index is 12.3. The van der Waals surface area contributed by atoms with Crippen LogP contribution < -0.4 is 15.4 Å². The van der Waals surface area contributed by atoms with Gasteiger partial charge in [0.2, 0.25) is 21.8 Å². The summed E-state index contributed by atoms with van der Waals surface area (Å²) in [7, 11) is -3.85. The first kappa shape index (κ1) is 26.7. The van der Waals surface area contributed by atoms with Gasteiger partial charge in [0.1, 0.15) is 0 Å². The Hall–Kier alpha value is -3.57. The van der Waals surface area contributed by atoms with E-state index in [0.29, 0.717) is 24.2 Å². The quantitative estimate of drug-likeness (QED) is 0.302. The van der Waals surface area contributed by atoms with Crippen LogP contribution in [0.15, 0.2) is 53.4 Å². The van der Waals surface area contributed by atoms with Crippen LogP contribution >= 0.6 is 0 Å². The second-order valence-corrected chi connectivity index (χ2v) is 9.13. The summed E-state index contributed by atoms with van der Waals surface area (Å²) >= 11 is 0. The molecule has 0 heterocycles. The molecule has 0 unspecified atom stereocenters. The van der Waals surface area contributed by atoms with Crippen molar-refractivity contribution in [2.24, 2.45) is 0 Å². The third-order valence-electron chi connectivity index (χ3n) is 4.53. The van der Waals surface area contributed by atoms with Gasteiger partial charge in [0.25, 0.3) is 0 Å². The van der Waals surface area contributed by atoms with E-state index >= 15 is 0 Å². The molecule has 3 N–H and O–H groups in total. The molecule has 0 spiro atoms. The van der Waals surface area contributed by atoms with Crippen molar-refractivity contribution < 1.29 is 32.3 Å². The lowest BCUT2D eigenvalue weighted by molar-refractivity contribution is -0.142. The summed E-state index contributed by atoms with van der Waals surface area (Å²) < 4.78 is 31.8. The van der Waals surface area contributed by atoms with Gasteiger partial charge >= 0.3 is 5.97 Å². The van der Waals surface area contributed by atoms with Gasteiger partial charge in [-0.05, 0) is 36.2 Å².